The first-order valence-corrected chi connectivity index (χ1v) is 6.68. The lowest BCUT2D eigenvalue weighted by Crippen LogP contribution is -2.39. The lowest BCUT2D eigenvalue weighted by Gasteiger charge is -2.12. The van der Waals surface area contributed by atoms with Gasteiger partial charge in [-0.15, -0.1) is 11.8 Å². The molecule has 0 spiro atoms. The number of benzene rings is 1. The van der Waals surface area contributed by atoms with Gasteiger partial charge in [-0.2, -0.15) is 0 Å². The van der Waals surface area contributed by atoms with Crippen LogP contribution in [0.15, 0.2) is 30.3 Å². The second-order valence-corrected chi connectivity index (χ2v) is 4.96. The predicted octanol–water partition coefficient (Wildman–Crippen LogP) is 1.32. The van der Waals surface area contributed by atoms with E-state index in [1.54, 1.807) is 12.1 Å². The lowest BCUT2D eigenvalue weighted by atomic mass is 10.3. The SMILES string of the molecule is O=C(O)OC1CSC(C(=O)COc2ccccc2)N1. The third-order valence-electron chi connectivity index (χ3n) is 2.41. The van der Waals surface area contributed by atoms with Gasteiger partial charge in [0.1, 0.15) is 17.7 Å². The first-order chi connectivity index (χ1) is 9.15. The fourth-order valence-electron chi connectivity index (χ4n) is 1.57. The standard InChI is InChI=1S/C12H13NO5S/c14-9(6-17-8-4-2-1-3-5-8)11-13-10(7-19-11)18-12(15)16/h1-5,10-11,13H,6-7H2,(H,15,16). The molecule has 1 saturated heterocycles. The molecular weight excluding hydrogens is 270 g/mol. The maximum Gasteiger partial charge on any atom is 0.507 e. The minimum atomic E-state index is -1.35. The maximum absolute atomic E-state index is 11.8. The highest BCUT2D eigenvalue weighted by Crippen LogP contribution is 2.20. The van der Waals surface area contributed by atoms with Crippen molar-refractivity contribution in [2.24, 2.45) is 0 Å². The molecule has 1 aromatic rings. The van der Waals surface area contributed by atoms with Gasteiger partial charge in [-0.25, -0.2) is 4.79 Å². The average Bonchev–Trinajstić information content (AvgIpc) is 2.85. The summed E-state index contributed by atoms with van der Waals surface area (Å²) in [6, 6.07) is 9.02. The molecule has 0 amide bonds. The van der Waals surface area contributed by atoms with Gasteiger partial charge < -0.3 is 14.6 Å². The third-order valence-corrected chi connectivity index (χ3v) is 3.64. The Balaban J connectivity index is 1.77. The zero-order chi connectivity index (χ0) is 13.7. The molecule has 2 atom stereocenters. The van der Waals surface area contributed by atoms with E-state index in [4.69, 9.17) is 9.84 Å². The highest BCUT2D eigenvalue weighted by molar-refractivity contribution is 8.00. The zero-order valence-electron chi connectivity index (χ0n) is 9.94. The Labute approximate surface area is 114 Å². The Morgan fingerprint density at radius 2 is 2.11 bits per heavy atom. The van der Waals surface area contributed by atoms with Crippen LogP contribution in [-0.2, 0) is 9.53 Å². The van der Waals surface area contributed by atoms with Gasteiger partial charge in [0.25, 0.3) is 0 Å². The van der Waals surface area contributed by atoms with Crippen LogP contribution < -0.4 is 10.1 Å². The quantitative estimate of drug-likeness (QED) is 0.788. The van der Waals surface area contributed by atoms with Crippen molar-refractivity contribution in [3.05, 3.63) is 30.3 Å². The van der Waals surface area contributed by atoms with E-state index in [0.717, 1.165) is 0 Å². The zero-order valence-corrected chi connectivity index (χ0v) is 10.8. The number of nitrogens with one attached hydrogen (secondary N) is 1. The van der Waals surface area contributed by atoms with Gasteiger partial charge in [0.15, 0.2) is 12.0 Å². The minimum absolute atomic E-state index is 0.0610. The summed E-state index contributed by atoms with van der Waals surface area (Å²) in [6.45, 7) is -0.0610. The van der Waals surface area contributed by atoms with Gasteiger partial charge in [0, 0.05) is 5.75 Å². The number of carboxylic acid groups (broad SMARTS) is 1. The van der Waals surface area contributed by atoms with Crippen molar-refractivity contribution in [3.8, 4) is 5.75 Å². The Bertz CT molecular complexity index is 453. The van der Waals surface area contributed by atoms with E-state index in [2.05, 4.69) is 10.1 Å². The molecule has 0 bridgehead atoms. The van der Waals surface area contributed by atoms with Crippen molar-refractivity contribution < 1.29 is 24.2 Å². The number of ketones is 1. The van der Waals surface area contributed by atoms with Gasteiger partial charge in [-0.05, 0) is 12.1 Å². The van der Waals surface area contributed by atoms with E-state index in [1.807, 2.05) is 18.2 Å². The summed E-state index contributed by atoms with van der Waals surface area (Å²) in [5.41, 5.74) is 0. The summed E-state index contributed by atoms with van der Waals surface area (Å²) < 4.78 is 9.88. The number of carbonyl (C=O) groups excluding carboxylic acids is 1. The van der Waals surface area contributed by atoms with E-state index in [0.29, 0.717) is 11.5 Å². The second kappa shape index (κ2) is 6.44. The van der Waals surface area contributed by atoms with Crippen LogP contribution in [0.3, 0.4) is 0 Å². The van der Waals surface area contributed by atoms with Crippen molar-refractivity contribution >= 4 is 23.7 Å². The number of carbonyl (C=O) groups is 2. The molecule has 102 valence electrons. The van der Waals surface area contributed by atoms with Crippen LogP contribution in [-0.4, -0.2) is 41.0 Å². The molecule has 1 aliphatic heterocycles. The average molecular weight is 283 g/mol. The molecule has 2 unspecified atom stereocenters. The molecule has 2 rings (SSSR count). The number of rotatable bonds is 5. The van der Waals surface area contributed by atoms with Crippen LogP contribution in [0.5, 0.6) is 5.75 Å². The topological polar surface area (TPSA) is 84.9 Å². The number of hydrogen-bond donors (Lipinski definition) is 2. The Hall–Kier alpha value is -1.73. The molecule has 6 nitrogen and oxygen atoms in total. The van der Waals surface area contributed by atoms with Crippen LogP contribution >= 0.6 is 11.8 Å². The molecule has 1 aromatic carbocycles. The predicted molar refractivity (Wildman–Crippen MR) is 69.2 cm³/mol. The molecular formula is C12H13NO5S. The molecule has 7 heteroatoms. The summed E-state index contributed by atoms with van der Waals surface area (Å²) in [5, 5.41) is 10.8. The van der Waals surface area contributed by atoms with Crippen molar-refractivity contribution in [1.82, 2.24) is 5.32 Å². The largest absolute Gasteiger partial charge is 0.507 e. The van der Waals surface area contributed by atoms with Crippen LogP contribution in [0, 0.1) is 0 Å². The molecule has 1 fully saturated rings. The smallest absolute Gasteiger partial charge is 0.486 e. The van der Waals surface area contributed by atoms with Gasteiger partial charge >= 0.3 is 6.16 Å². The number of Topliss-reactive ketones (excluding diaryl/α,β-unsaturated/α-hetero) is 1. The minimum Gasteiger partial charge on any atom is -0.486 e. The molecule has 0 aromatic heterocycles. The van der Waals surface area contributed by atoms with Crippen molar-refractivity contribution in [1.29, 1.82) is 0 Å². The fourth-order valence-corrected chi connectivity index (χ4v) is 2.60. The van der Waals surface area contributed by atoms with Crippen molar-refractivity contribution in [2.45, 2.75) is 11.6 Å². The number of ether oxygens (including phenoxy) is 2. The van der Waals surface area contributed by atoms with E-state index in [-0.39, 0.29) is 12.4 Å². The van der Waals surface area contributed by atoms with E-state index in [1.165, 1.54) is 11.8 Å². The highest BCUT2D eigenvalue weighted by atomic mass is 32.2. The first-order valence-electron chi connectivity index (χ1n) is 5.63. The maximum atomic E-state index is 11.8. The van der Waals surface area contributed by atoms with Crippen LogP contribution in [0.25, 0.3) is 0 Å². The highest BCUT2D eigenvalue weighted by Gasteiger charge is 2.31. The Morgan fingerprint density at radius 1 is 1.37 bits per heavy atom. The number of para-hydroxylation sites is 1. The van der Waals surface area contributed by atoms with Gasteiger partial charge in [-0.1, -0.05) is 18.2 Å². The summed E-state index contributed by atoms with van der Waals surface area (Å²) >= 11 is 1.31. The Kier molecular flexibility index (Phi) is 4.64. The summed E-state index contributed by atoms with van der Waals surface area (Å²) in [7, 11) is 0. The molecule has 0 aliphatic carbocycles. The molecule has 1 aliphatic rings. The van der Waals surface area contributed by atoms with Gasteiger partial charge in [-0.3, -0.25) is 10.1 Å². The van der Waals surface area contributed by atoms with Crippen molar-refractivity contribution in [2.75, 3.05) is 12.4 Å². The second-order valence-electron chi connectivity index (χ2n) is 3.82. The van der Waals surface area contributed by atoms with Crippen LogP contribution in [0.4, 0.5) is 4.79 Å². The van der Waals surface area contributed by atoms with Crippen LogP contribution in [0.2, 0.25) is 0 Å². The van der Waals surface area contributed by atoms with E-state index >= 15 is 0 Å². The van der Waals surface area contributed by atoms with Crippen molar-refractivity contribution in [3.63, 3.8) is 0 Å². The normalized spacial score (nSPS) is 21.9. The monoisotopic (exact) mass is 283 g/mol. The van der Waals surface area contributed by atoms with E-state index in [9.17, 15) is 9.59 Å². The summed E-state index contributed by atoms with van der Waals surface area (Å²) in [6.07, 6.45) is -2.00. The van der Waals surface area contributed by atoms with Gasteiger partial charge in [0.2, 0.25) is 0 Å². The molecule has 19 heavy (non-hydrogen) atoms. The molecule has 0 radical (unpaired) electrons. The fraction of sp³-hybridized carbons (Fsp3) is 0.333. The Morgan fingerprint density at radius 3 is 2.79 bits per heavy atom. The summed E-state index contributed by atoms with van der Waals surface area (Å²) in [4.78, 5) is 22.2. The van der Waals surface area contributed by atoms with Crippen LogP contribution in [0.1, 0.15) is 0 Å². The van der Waals surface area contributed by atoms with Gasteiger partial charge in [0.05, 0.1) is 0 Å². The number of hydrogen-bond acceptors (Lipinski definition) is 6. The molecule has 0 saturated carbocycles. The first kappa shape index (κ1) is 13.7. The molecule has 2 N–H and O–H groups in total. The summed E-state index contributed by atoms with van der Waals surface area (Å²) in [5.74, 6) is 0.885. The van der Waals surface area contributed by atoms with E-state index < -0.39 is 17.8 Å². The number of thioether (sulfide) groups is 1. The lowest BCUT2D eigenvalue weighted by molar-refractivity contribution is -0.121. The third kappa shape index (κ3) is 4.15. The molecule has 1 heterocycles.